The van der Waals surface area contributed by atoms with Crippen LogP contribution in [0.3, 0.4) is 0 Å². The van der Waals surface area contributed by atoms with Gasteiger partial charge < -0.3 is 4.74 Å². The third-order valence-corrected chi connectivity index (χ3v) is 2.95. The number of alkyl halides is 3. The van der Waals surface area contributed by atoms with E-state index in [0.717, 1.165) is 17.8 Å². The Kier molecular flexibility index (Phi) is 2.14. The molecule has 1 aliphatic heterocycles. The van der Waals surface area contributed by atoms with Gasteiger partial charge in [-0.2, -0.15) is 13.2 Å². The van der Waals surface area contributed by atoms with Crippen molar-refractivity contribution in [3.63, 3.8) is 0 Å². The van der Waals surface area contributed by atoms with Gasteiger partial charge in [-0.05, 0) is 19.1 Å². The van der Waals surface area contributed by atoms with Crippen LogP contribution in [0.4, 0.5) is 13.2 Å². The summed E-state index contributed by atoms with van der Waals surface area (Å²) in [5.74, 6) is 0.331. The summed E-state index contributed by atoms with van der Waals surface area (Å²) in [6.45, 7) is 1.73. The molecule has 0 N–H and O–H groups in total. The second-order valence-corrected chi connectivity index (χ2v) is 4.24. The summed E-state index contributed by atoms with van der Waals surface area (Å²) in [5, 5.41) is 0. The van der Waals surface area contributed by atoms with Crippen LogP contribution in [0.2, 0.25) is 0 Å². The van der Waals surface area contributed by atoms with Crippen LogP contribution < -0.4 is 4.74 Å². The molecule has 76 valence electrons. The monoisotopic (exact) mass is 220 g/mol. The largest absolute Gasteiger partial charge is 0.479 e. The van der Waals surface area contributed by atoms with Crippen molar-refractivity contribution in [1.82, 2.24) is 0 Å². The fraction of sp³-hybridized carbons (Fsp3) is 0.333. The number of ether oxygens (including phenoxy) is 1. The van der Waals surface area contributed by atoms with Crippen molar-refractivity contribution in [2.45, 2.75) is 23.4 Å². The summed E-state index contributed by atoms with van der Waals surface area (Å²) >= 11 is 1.10. The summed E-state index contributed by atoms with van der Waals surface area (Å²) < 4.78 is 42.7. The molecule has 0 spiro atoms. The van der Waals surface area contributed by atoms with E-state index in [0.29, 0.717) is 5.75 Å². The first-order valence-corrected chi connectivity index (χ1v) is 4.90. The highest BCUT2D eigenvalue weighted by atomic mass is 32.2. The Balaban J connectivity index is 2.50. The molecule has 1 aromatic carbocycles. The fourth-order valence-corrected chi connectivity index (χ4v) is 2.35. The molecule has 0 aromatic heterocycles. The molecule has 0 fully saturated rings. The topological polar surface area (TPSA) is 9.23 Å². The minimum Gasteiger partial charge on any atom is -0.479 e. The summed E-state index contributed by atoms with van der Waals surface area (Å²) in [5.41, 5.74) is -0.849. The fourth-order valence-electron chi connectivity index (χ4n) is 1.32. The quantitative estimate of drug-likeness (QED) is 0.661. The van der Waals surface area contributed by atoms with Crippen molar-refractivity contribution in [2.24, 2.45) is 0 Å². The van der Waals surface area contributed by atoms with Gasteiger partial charge in [-0.3, -0.25) is 0 Å². The van der Waals surface area contributed by atoms with E-state index in [9.17, 15) is 13.2 Å². The maximum absolute atomic E-state index is 12.5. The molecule has 1 heterocycles. The van der Waals surface area contributed by atoms with E-state index in [1.165, 1.54) is 6.07 Å². The van der Waals surface area contributed by atoms with Crippen LogP contribution in [0, 0.1) is 0 Å². The van der Waals surface area contributed by atoms with Gasteiger partial charge in [-0.15, -0.1) is 0 Å². The average molecular weight is 220 g/mol. The molecule has 14 heavy (non-hydrogen) atoms. The van der Waals surface area contributed by atoms with Crippen molar-refractivity contribution in [2.75, 3.05) is 0 Å². The first kappa shape index (κ1) is 9.71. The molecule has 2 rings (SSSR count). The van der Waals surface area contributed by atoms with Crippen molar-refractivity contribution in [3.05, 3.63) is 23.8 Å². The second kappa shape index (κ2) is 3.08. The average Bonchev–Trinajstić information content (AvgIpc) is 2.41. The van der Waals surface area contributed by atoms with Crippen LogP contribution in [0.15, 0.2) is 23.1 Å². The summed E-state index contributed by atoms with van der Waals surface area (Å²) in [4.78, 5) is 0.201. The highest BCUT2D eigenvalue weighted by Crippen LogP contribution is 2.47. The molecule has 0 saturated heterocycles. The molecule has 1 nitrogen and oxygen atoms in total. The van der Waals surface area contributed by atoms with E-state index < -0.39 is 11.7 Å². The van der Waals surface area contributed by atoms with Gasteiger partial charge in [0.05, 0.1) is 10.5 Å². The lowest BCUT2D eigenvalue weighted by atomic mass is 10.2. The number of hydrogen-bond acceptors (Lipinski definition) is 2. The number of rotatable bonds is 0. The zero-order valence-corrected chi connectivity index (χ0v) is 8.08. The molecule has 1 aromatic rings. The van der Waals surface area contributed by atoms with Gasteiger partial charge in [0.15, 0.2) is 0 Å². The third-order valence-electron chi connectivity index (χ3n) is 1.86. The minimum atomic E-state index is -4.30. The van der Waals surface area contributed by atoms with Gasteiger partial charge in [0.25, 0.3) is 0 Å². The molecule has 0 radical (unpaired) electrons. The minimum absolute atomic E-state index is 0.201. The lowest BCUT2D eigenvalue weighted by Crippen LogP contribution is -2.05. The first-order valence-electron chi connectivity index (χ1n) is 4.02. The van der Waals surface area contributed by atoms with Crippen LogP contribution in [0.5, 0.6) is 5.75 Å². The van der Waals surface area contributed by atoms with E-state index >= 15 is 0 Å². The first-order chi connectivity index (χ1) is 6.48. The number of halogens is 3. The molecule has 0 bridgehead atoms. The molecule has 0 amide bonds. The van der Waals surface area contributed by atoms with Gasteiger partial charge in [0.2, 0.25) is 0 Å². The van der Waals surface area contributed by atoms with Gasteiger partial charge in [0, 0.05) is 0 Å². The predicted molar refractivity (Wildman–Crippen MR) is 47.4 cm³/mol. The Labute approximate surface area is 83.3 Å². The lowest BCUT2D eigenvalue weighted by molar-refractivity contribution is -0.139. The zero-order valence-electron chi connectivity index (χ0n) is 7.26. The number of thioether (sulfide) groups is 1. The van der Waals surface area contributed by atoms with E-state index in [2.05, 4.69) is 0 Å². The van der Waals surface area contributed by atoms with E-state index in [1.807, 2.05) is 0 Å². The Morgan fingerprint density at radius 2 is 2.07 bits per heavy atom. The van der Waals surface area contributed by atoms with Gasteiger partial charge >= 0.3 is 6.18 Å². The van der Waals surface area contributed by atoms with Crippen molar-refractivity contribution in [3.8, 4) is 5.75 Å². The molecule has 1 unspecified atom stereocenters. The SMILES string of the molecule is CC1Oc2cccc(C(F)(F)F)c2S1. The Bertz CT molecular complexity index is 362. The summed E-state index contributed by atoms with van der Waals surface area (Å²) in [6, 6.07) is 3.99. The highest BCUT2D eigenvalue weighted by Gasteiger charge is 2.37. The van der Waals surface area contributed by atoms with Crippen molar-refractivity contribution < 1.29 is 17.9 Å². The van der Waals surface area contributed by atoms with Crippen LogP contribution in [0.25, 0.3) is 0 Å². The number of benzene rings is 1. The standard InChI is InChI=1S/C9H7F3OS/c1-5-13-7-4-2-3-6(8(7)14-5)9(10,11)12/h2-5H,1H3. The zero-order chi connectivity index (χ0) is 10.3. The molecule has 0 saturated carbocycles. The molecule has 0 aliphatic carbocycles. The molecular weight excluding hydrogens is 213 g/mol. The Morgan fingerprint density at radius 3 is 2.71 bits per heavy atom. The summed E-state index contributed by atoms with van der Waals surface area (Å²) in [6.07, 6.45) is -4.30. The van der Waals surface area contributed by atoms with Crippen molar-refractivity contribution in [1.29, 1.82) is 0 Å². The van der Waals surface area contributed by atoms with Gasteiger partial charge in [0.1, 0.15) is 11.2 Å². The van der Waals surface area contributed by atoms with Crippen LogP contribution >= 0.6 is 11.8 Å². The van der Waals surface area contributed by atoms with E-state index in [-0.39, 0.29) is 10.3 Å². The van der Waals surface area contributed by atoms with Crippen LogP contribution in [0.1, 0.15) is 12.5 Å². The lowest BCUT2D eigenvalue weighted by Gasteiger charge is -2.08. The smallest absolute Gasteiger partial charge is 0.417 e. The Morgan fingerprint density at radius 1 is 1.36 bits per heavy atom. The molecule has 1 atom stereocenters. The van der Waals surface area contributed by atoms with Crippen LogP contribution in [-0.4, -0.2) is 5.44 Å². The molecular formula is C9H7F3OS. The second-order valence-electron chi connectivity index (χ2n) is 2.93. The number of hydrogen-bond donors (Lipinski definition) is 0. The maximum atomic E-state index is 12.5. The maximum Gasteiger partial charge on any atom is 0.417 e. The van der Waals surface area contributed by atoms with Gasteiger partial charge in [-0.25, -0.2) is 0 Å². The highest BCUT2D eigenvalue weighted by molar-refractivity contribution is 8.00. The van der Waals surface area contributed by atoms with Gasteiger partial charge in [-0.1, -0.05) is 17.8 Å². The summed E-state index contributed by atoms with van der Waals surface area (Å²) in [7, 11) is 0. The molecule has 1 aliphatic rings. The van der Waals surface area contributed by atoms with E-state index in [4.69, 9.17) is 4.74 Å². The van der Waals surface area contributed by atoms with Crippen molar-refractivity contribution >= 4 is 11.8 Å². The third kappa shape index (κ3) is 1.56. The Hall–Kier alpha value is -0.840. The predicted octanol–water partition coefficient (Wildman–Crippen LogP) is 3.54. The van der Waals surface area contributed by atoms with E-state index in [1.54, 1.807) is 13.0 Å². The molecule has 5 heteroatoms. The normalized spacial score (nSPS) is 20.4. The number of fused-ring (bicyclic) bond motifs is 1. The van der Waals surface area contributed by atoms with Crippen LogP contribution in [-0.2, 0) is 6.18 Å².